The lowest BCUT2D eigenvalue weighted by molar-refractivity contribution is -0.155. The Balaban J connectivity index is 1.91. The van der Waals surface area contributed by atoms with Gasteiger partial charge in [0.05, 0.1) is 19.1 Å². The van der Waals surface area contributed by atoms with Crippen molar-refractivity contribution < 1.29 is 24.2 Å². The van der Waals surface area contributed by atoms with Gasteiger partial charge in [0.25, 0.3) is 0 Å². The molecule has 1 aliphatic carbocycles. The molecule has 3 unspecified atom stereocenters. The molecular formula is C18H23NO5. The van der Waals surface area contributed by atoms with Gasteiger partial charge in [-0.05, 0) is 43.0 Å². The number of carbonyl (C=O) groups is 2. The van der Waals surface area contributed by atoms with Crippen molar-refractivity contribution in [3.8, 4) is 5.75 Å². The Kier molecular flexibility index (Phi) is 4.25. The maximum Gasteiger partial charge on any atom is 0.329 e. The van der Waals surface area contributed by atoms with Crippen LogP contribution in [-0.4, -0.2) is 54.3 Å². The topological polar surface area (TPSA) is 76.1 Å². The molecule has 1 N–H and O–H groups in total. The van der Waals surface area contributed by atoms with Crippen molar-refractivity contribution in [3.05, 3.63) is 29.3 Å². The van der Waals surface area contributed by atoms with Crippen LogP contribution in [-0.2, 0) is 20.7 Å². The summed E-state index contributed by atoms with van der Waals surface area (Å²) in [6.45, 7) is 1.92. The summed E-state index contributed by atoms with van der Waals surface area (Å²) >= 11 is 0. The number of aryl methyl sites for hydroxylation is 1. The summed E-state index contributed by atoms with van der Waals surface area (Å²) in [5, 5.41) is 9.66. The number of fused-ring (bicyclic) bond motifs is 1. The minimum Gasteiger partial charge on any atom is -0.497 e. The Bertz CT molecular complexity index is 673. The summed E-state index contributed by atoms with van der Waals surface area (Å²) < 4.78 is 10.6. The van der Waals surface area contributed by atoms with E-state index in [4.69, 9.17) is 9.47 Å². The molecule has 130 valence electrons. The van der Waals surface area contributed by atoms with Crippen LogP contribution >= 0.6 is 0 Å². The number of rotatable bonds is 4. The number of carbonyl (C=O) groups excluding carboxylic acids is 1. The van der Waals surface area contributed by atoms with Gasteiger partial charge in [-0.3, -0.25) is 4.79 Å². The van der Waals surface area contributed by atoms with Crippen LogP contribution in [0.3, 0.4) is 0 Å². The van der Waals surface area contributed by atoms with Crippen LogP contribution in [0.4, 0.5) is 0 Å². The molecule has 0 saturated carbocycles. The van der Waals surface area contributed by atoms with Gasteiger partial charge < -0.3 is 19.5 Å². The first-order valence-electron chi connectivity index (χ1n) is 8.15. The molecular weight excluding hydrogens is 310 g/mol. The highest BCUT2D eigenvalue weighted by Gasteiger charge is 2.52. The van der Waals surface area contributed by atoms with Crippen LogP contribution in [0.2, 0.25) is 0 Å². The van der Waals surface area contributed by atoms with E-state index in [1.807, 2.05) is 18.2 Å². The van der Waals surface area contributed by atoms with Crippen LogP contribution in [0.1, 0.15) is 36.8 Å². The molecule has 0 bridgehead atoms. The molecule has 0 spiro atoms. The molecule has 1 aliphatic heterocycles. The number of nitrogens with zero attached hydrogens (tertiary/aromatic N) is 1. The van der Waals surface area contributed by atoms with Crippen molar-refractivity contribution in [3.63, 3.8) is 0 Å². The average Bonchev–Trinajstić information content (AvgIpc) is 3.15. The minimum atomic E-state index is -1.22. The molecule has 2 aliphatic rings. The maximum absolute atomic E-state index is 13.2. The number of hydrogen-bond acceptors (Lipinski definition) is 4. The van der Waals surface area contributed by atoms with Crippen molar-refractivity contribution in [1.82, 2.24) is 4.90 Å². The summed E-state index contributed by atoms with van der Waals surface area (Å²) in [5.74, 6) is -0.722. The molecule has 1 aromatic rings. The van der Waals surface area contributed by atoms with Crippen molar-refractivity contribution >= 4 is 11.9 Å². The summed E-state index contributed by atoms with van der Waals surface area (Å²) in [4.78, 5) is 26.4. The number of aliphatic carboxylic acids is 1. The Morgan fingerprint density at radius 2 is 2.08 bits per heavy atom. The van der Waals surface area contributed by atoms with Gasteiger partial charge in [-0.2, -0.15) is 0 Å². The molecule has 1 aromatic carbocycles. The van der Waals surface area contributed by atoms with E-state index in [2.05, 4.69) is 0 Å². The van der Waals surface area contributed by atoms with E-state index in [0.29, 0.717) is 25.1 Å². The number of likely N-dealkylation sites (tertiary alicyclic amines) is 1. The Hall–Kier alpha value is -2.08. The molecule has 24 heavy (non-hydrogen) atoms. The van der Waals surface area contributed by atoms with Crippen molar-refractivity contribution in [2.24, 2.45) is 0 Å². The zero-order chi connectivity index (χ0) is 17.5. The molecule has 1 amide bonds. The second-order valence-electron chi connectivity index (χ2n) is 6.75. The first-order valence-corrected chi connectivity index (χ1v) is 8.15. The summed E-state index contributed by atoms with van der Waals surface area (Å²) in [6.07, 6.45) is 1.58. The van der Waals surface area contributed by atoms with Gasteiger partial charge >= 0.3 is 5.97 Å². The highest BCUT2D eigenvalue weighted by atomic mass is 16.5. The minimum absolute atomic E-state index is 0.133. The lowest BCUT2D eigenvalue weighted by Crippen LogP contribution is -2.52. The number of methoxy groups -OCH3 is 2. The molecule has 0 radical (unpaired) electrons. The third kappa shape index (κ3) is 2.55. The van der Waals surface area contributed by atoms with Crippen molar-refractivity contribution in [2.75, 3.05) is 20.8 Å². The maximum atomic E-state index is 13.2. The van der Waals surface area contributed by atoms with Gasteiger partial charge in [-0.25, -0.2) is 4.79 Å². The van der Waals surface area contributed by atoms with Gasteiger partial charge in [-0.1, -0.05) is 6.07 Å². The summed E-state index contributed by atoms with van der Waals surface area (Å²) in [6, 6.07) is 5.77. The number of carboxylic acids is 1. The van der Waals surface area contributed by atoms with E-state index >= 15 is 0 Å². The first kappa shape index (κ1) is 16.8. The molecule has 1 saturated heterocycles. The lowest BCUT2D eigenvalue weighted by atomic mass is 9.94. The summed E-state index contributed by atoms with van der Waals surface area (Å²) in [5.41, 5.74) is 0.862. The fourth-order valence-electron chi connectivity index (χ4n) is 3.87. The lowest BCUT2D eigenvalue weighted by Gasteiger charge is -2.33. The molecule has 3 rings (SSSR count). The monoisotopic (exact) mass is 333 g/mol. The van der Waals surface area contributed by atoms with Crippen LogP contribution in [0.15, 0.2) is 18.2 Å². The largest absolute Gasteiger partial charge is 0.497 e. The molecule has 1 heterocycles. The molecule has 1 fully saturated rings. The fraction of sp³-hybridized carbons (Fsp3) is 0.556. The van der Waals surface area contributed by atoms with E-state index in [9.17, 15) is 14.7 Å². The smallest absolute Gasteiger partial charge is 0.329 e. The van der Waals surface area contributed by atoms with E-state index in [-0.39, 0.29) is 17.9 Å². The van der Waals surface area contributed by atoms with Crippen molar-refractivity contribution in [2.45, 2.75) is 43.7 Å². The zero-order valence-corrected chi connectivity index (χ0v) is 14.2. The highest BCUT2D eigenvalue weighted by molar-refractivity contribution is 5.91. The normalized spacial score (nSPS) is 28.7. The Morgan fingerprint density at radius 1 is 1.33 bits per heavy atom. The van der Waals surface area contributed by atoms with E-state index in [1.54, 1.807) is 21.1 Å². The third-order valence-electron chi connectivity index (χ3n) is 5.40. The number of hydrogen-bond donors (Lipinski definition) is 1. The Labute approximate surface area is 141 Å². The number of amides is 1. The van der Waals surface area contributed by atoms with Gasteiger partial charge in [0.1, 0.15) is 11.3 Å². The van der Waals surface area contributed by atoms with Crippen molar-refractivity contribution in [1.29, 1.82) is 0 Å². The molecule has 6 heteroatoms. The fourth-order valence-corrected chi connectivity index (χ4v) is 3.87. The average molecular weight is 333 g/mol. The first-order chi connectivity index (χ1) is 11.4. The van der Waals surface area contributed by atoms with E-state index in [1.165, 1.54) is 4.90 Å². The van der Waals surface area contributed by atoms with E-state index < -0.39 is 11.5 Å². The second kappa shape index (κ2) is 6.09. The highest BCUT2D eigenvalue weighted by Crippen LogP contribution is 2.40. The molecule has 3 atom stereocenters. The van der Waals surface area contributed by atoms with Gasteiger partial charge in [0, 0.05) is 20.1 Å². The zero-order valence-electron chi connectivity index (χ0n) is 14.2. The SMILES string of the molecule is COc1ccc2c(c1)C(C(=O)N1CC(OC)CC1(C)C(=O)O)CC2. The van der Waals surface area contributed by atoms with Crippen LogP contribution in [0.25, 0.3) is 0 Å². The summed E-state index contributed by atoms with van der Waals surface area (Å²) in [7, 11) is 3.15. The second-order valence-corrected chi connectivity index (χ2v) is 6.75. The standard InChI is InChI=1S/C18H23NO5/c1-18(17(21)22)9-13(24-3)10-19(18)16(20)14-7-5-11-4-6-12(23-2)8-15(11)14/h4,6,8,13-14H,5,7,9-10H2,1-3H3,(H,21,22). The van der Waals surface area contributed by atoms with Gasteiger partial charge in [0.2, 0.25) is 5.91 Å². The van der Waals surface area contributed by atoms with Crippen LogP contribution < -0.4 is 4.74 Å². The van der Waals surface area contributed by atoms with Gasteiger partial charge in [0.15, 0.2) is 0 Å². The molecule has 6 nitrogen and oxygen atoms in total. The van der Waals surface area contributed by atoms with Crippen LogP contribution in [0.5, 0.6) is 5.75 Å². The Morgan fingerprint density at radius 3 is 2.71 bits per heavy atom. The predicted molar refractivity (Wildman–Crippen MR) is 87.2 cm³/mol. The van der Waals surface area contributed by atoms with Crippen LogP contribution in [0, 0.1) is 0 Å². The number of benzene rings is 1. The third-order valence-corrected chi connectivity index (χ3v) is 5.40. The van der Waals surface area contributed by atoms with E-state index in [0.717, 1.165) is 17.5 Å². The van der Waals surface area contributed by atoms with Gasteiger partial charge in [-0.15, -0.1) is 0 Å². The number of carboxylic acid groups (broad SMARTS) is 1. The quantitative estimate of drug-likeness (QED) is 0.909. The predicted octanol–water partition coefficient (Wildman–Crippen LogP) is 1.82. The molecule has 0 aromatic heterocycles. The number of ether oxygens (including phenoxy) is 2.